The van der Waals surface area contributed by atoms with E-state index in [1.165, 1.54) is 31.7 Å². The van der Waals surface area contributed by atoms with Crippen molar-refractivity contribution in [2.75, 3.05) is 37.7 Å². The highest BCUT2D eigenvalue weighted by Gasteiger charge is 2.19. The van der Waals surface area contributed by atoms with Gasteiger partial charge in [0.05, 0.1) is 0 Å². The van der Waals surface area contributed by atoms with Crippen molar-refractivity contribution in [1.29, 1.82) is 0 Å². The van der Waals surface area contributed by atoms with E-state index in [2.05, 4.69) is 24.1 Å². The third kappa shape index (κ3) is 6.65. The number of hydrogen-bond acceptors (Lipinski definition) is 4. The first-order valence-electron chi connectivity index (χ1n) is 6.90. The van der Waals surface area contributed by atoms with E-state index in [1.54, 1.807) is 0 Å². The molecular weight excluding hydrogens is 232 g/mol. The molecule has 0 aromatic heterocycles. The molecule has 1 fully saturated rings. The van der Waals surface area contributed by atoms with Gasteiger partial charge in [0.2, 0.25) is 0 Å². The molecule has 0 aromatic carbocycles. The van der Waals surface area contributed by atoms with Gasteiger partial charge < -0.3 is 15.3 Å². The van der Waals surface area contributed by atoms with E-state index in [-0.39, 0.29) is 0 Å². The summed E-state index contributed by atoms with van der Waals surface area (Å²) >= 11 is 1.94. The summed E-state index contributed by atoms with van der Waals surface area (Å²) < 4.78 is 0. The highest BCUT2D eigenvalue weighted by Crippen LogP contribution is 2.12. The van der Waals surface area contributed by atoms with E-state index in [9.17, 15) is 0 Å². The Labute approximate surface area is 110 Å². The molecule has 0 atom stereocenters. The lowest BCUT2D eigenvalue weighted by Gasteiger charge is -2.35. The van der Waals surface area contributed by atoms with Gasteiger partial charge in [0, 0.05) is 31.0 Å². The van der Waals surface area contributed by atoms with Crippen LogP contribution >= 0.6 is 11.8 Å². The molecule has 1 saturated heterocycles. The summed E-state index contributed by atoms with van der Waals surface area (Å²) in [6, 6.07) is 1.42. The van der Waals surface area contributed by atoms with Gasteiger partial charge in [-0.3, -0.25) is 0 Å². The second-order valence-corrected chi connectivity index (χ2v) is 6.27. The minimum atomic E-state index is 0.327. The van der Waals surface area contributed by atoms with Crippen molar-refractivity contribution in [3.63, 3.8) is 0 Å². The molecule has 102 valence electrons. The van der Waals surface area contributed by atoms with Gasteiger partial charge >= 0.3 is 0 Å². The Morgan fingerprint density at radius 1 is 1.29 bits per heavy atom. The summed E-state index contributed by atoms with van der Waals surface area (Å²) in [4.78, 5) is 2.56. The second kappa shape index (κ2) is 9.20. The minimum Gasteiger partial charge on any atom is -0.396 e. The van der Waals surface area contributed by atoms with Crippen molar-refractivity contribution in [3.8, 4) is 0 Å². The van der Waals surface area contributed by atoms with Gasteiger partial charge in [-0.15, -0.1) is 0 Å². The van der Waals surface area contributed by atoms with Crippen LogP contribution in [0.1, 0.15) is 33.1 Å². The fraction of sp³-hybridized carbons (Fsp3) is 1.00. The van der Waals surface area contributed by atoms with Gasteiger partial charge in [0.15, 0.2) is 0 Å². The van der Waals surface area contributed by atoms with Gasteiger partial charge in [-0.1, -0.05) is 0 Å². The molecule has 1 heterocycles. The molecule has 0 bridgehead atoms. The maximum Gasteiger partial charge on any atom is 0.0438 e. The predicted octanol–water partition coefficient (Wildman–Crippen LogP) is 1.56. The van der Waals surface area contributed by atoms with Crippen molar-refractivity contribution in [3.05, 3.63) is 0 Å². The van der Waals surface area contributed by atoms with Crippen molar-refractivity contribution < 1.29 is 5.11 Å². The SMILES string of the molecule is CC(C)N1CCC(NCCSCCCO)CC1. The number of hydrogen-bond donors (Lipinski definition) is 2. The zero-order chi connectivity index (χ0) is 12.5. The van der Waals surface area contributed by atoms with Crippen LogP contribution in [-0.2, 0) is 0 Å². The second-order valence-electron chi connectivity index (χ2n) is 5.05. The highest BCUT2D eigenvalue weighted by molar-refractivity contribution is 7.99. The van der Waals surface area contributed by atoms with E-state index < -0.39 is 0 Å². The molecular formula is C13H28N2OS. The van der Waals surface area contributed by atoms with Crippen molar-refractivity contribution >= 4 is 11.8 Å². The number of thioether (sulfide) groups is 1. The molecule has 0 spiro atoms. The van der Waals surface area contributed by atoms with Crippen LogP contribution in [0.2, 0.25) is 0 Å². The normalized spacial score (nSPS) is 19.1. The first kappa shape index (κ1) is 15.3. The number of nitrogens with zero attached hydrogens (tertiary/aromatic N) is 1. The fourth-order valence-corrected chi connectivity index (χ4v) is 3.02. The number of nitrogens with one attached hydrogen (secondary N) is 1. The number of aliphatic hydroxyl groups is 1. The summed E-state index contributed by atoms with van der Waals surface area (Å²) in [5, 5.41) is 12.3. The van der Waals surface area contributed by atoms with E-state index in [0.717, 1.165) is 24.8 Å². The Hall–Kier alpha value is 0.230. The van der Waals surface area contributed by atoms with Gasteiger partial charge in [-0.2, -0.15) is 11.8 Å². The lowest BCUT2D eigenvalue weighted by Crippen LogP contribution is -2.45. The van der Waals surface area contributed by atoms with E-state index in [1.807, 2.05) is 11.8 Å². The maximum absolute atomic E-state index is 8.66. The molecule has 0 radical (unpaired) electrons. The average molecular weight is 260 g/mol. The Bertz CT molecular complexity index is 182. The Morgan fingerprint density at radius 2 is 2.00 bits per heavy atom. The molecule has 0 amide bonds. The molecule has 17 heavy (non-hydrogen) atoms. The van der Waals surface area contributed by atoms with Crippen LogP contribution in [0.15, 0.2) is 0 Å². The number of aliphatic hydroxyl groups excluding tert-OH is 1. The van der Waals surface area contributed by atoms with Gasteiger partial charge in [-0.25, -0.2) is 0 Å². The predicted molar refractivity (Wildman–Crippen MR) is 76.8 cm³/mol. The molecule has 2 N–H and O–H groups in total. The molecule has 4 heteroatoms. The quantitative estimate of drug-likeness (QED) is 0.649. The summed E-state index contributed by atoms with van der Waals surface area (Å²) in [7, 11) is 0. The minimum absolute atomic E-state index is 0.327. The molecule has 3 nitrogen and oxygen atoms in total. The molecule has 0 aromatic rings. The van der Waals surface area contributed by atoms with E-state index in [0.29, 0.717) is 12.6 Å². The summed E-state index contributed by atoms with van der Waals surface area (Å²) in [5.41, 5.74) is 0. The van der Waals surface area contributed by atoms with E-state index >= 15 is 0 Å². The largest absolute Gasteiger partial charge is 0.396 e. The van der Waals surface area contributed by atoms with Crippen LogP contribution in [0.5, 0.6) is 0 Å². The molecule has 0 unspecified atom stereocenters. The van der Waals surface area contributed by atoms with Crippen molar-refractivity contribution in [2.24, 2.45) is 0 Å². The number of piperidine rings is 1. The Balaban J connectivity index is 1.95. The molecule has 0 aliphatic carbocycles. The Morgan fingerprint density at radius 3 is 2.59 bits per heavy atom. The monoisotopic (exact) mass is 260 g/mol. The Kier molecular flexibility index (Phi) is 8.27. The lowest BCUT2D eigenvalue weighted by molar-refractivity contribution is 0.162. The van der Waals surface area contributed by atoms with Gasteiger partial charge in [0.1, 0.15) is 0 Å². The summed E-state index contributed by atoms with van der Waals surface area (Å²) in [6.45, 7) is 8.49. The van der Waals surface area contributed by atoms with Crippen LogP contribution in [-0.4, -0.2) is 59.8 Å². The standard InChI is InChI=1S/C13H28N2OS/c1-12(2)15-7-4-13(5-8-15)14-6-11-17-10-3-9-16/h12-14,16H,3-11H2,1-2H3. The molecule has 1 aliphatic rings. The zero-order valence-electron chi connectivity index (χ0n) is 11.3. The topological polar surface area (TPSA) is 35.5 Å². The molecule has 0 saturated carbocycles. The number of rotatable bonds is 8. The zero-order valence-corrected chi connectivity index (χ0v) is 12.1. The third-order valence-corrected chi connectivity index (χ3v) is 4.46. The number of likely N-dealkylation sites (tertiary alicyclic amines) is 1. The summed E-state index contributed by atoms with van der Waals surface area (Å²) in [6.07, 6.45) is 3.51. The van der Waals surface area contributed by atoms with Crippen LogP contribution in [0.3, 0.4) is 0 Å². The van der Waals surface area contributed by atoms with Gasteiger partial charge in [-0.05, 0) is 52.0 Å². The van der Waals surface area contributed by atoms with Crippen molar-refractivity contribution in [1.82, 2.24) is 10.2 Å². The van der Waals surface area contributed by atoms with Crippen LogP contribution in [0.25, 0.3) is 0 Å². The fourth-order valence-electron chi connectivity index (χ4n) is 2.22. The third-order valence-electron chi connectivity index (χ3n) is 3.39. The van der Waals surface area contributed by atoms with Crippen LogP contribution in [0.4, 0.5) is 0 Å². The summed E-state index contributed by atoms with van der Waals surface area (Å²) in [5.74, 6) is 2.26. The highest BCUT2D eigenvalue weighted by atomic mass is 32.2. The van der Waals surface area contributed by atoms with Gasteiger partial charge in [0.25, 0.3) is 0 Å². The molecule has 1 aliphatic heterocycles. The van der Waals surface area contributed by atoms with Crippen molar-refractivity contribution in [2.45, 2.75) is 45.2 Å². The van der Waals surface area contributed by atoms with Crippen LogP contribution in [0, 0.1) is 0 Å². The smallest absolute Gasteiger partial charge is 0.0438 e. The maximum atomic E-state index is 8.66. The molecule has 1 rings (SSSR count). The van der Waals surface area contributed by atoms with Crippen LogP contribution < -0.4 is 5.32 Å². The average Bonchev–Trinajstić information content (AvgIpc) is 2.34. The first-order chi connectivity index (χ1) is 8.24. The first-order valence-corrected chi connectivity index (χ1v) is 8.05. The lowest BCUT2D eigenvalue weighted by atomic mass is 10.0. The van der Waals surface area contributed by atoms with E-state index in [4.69, 9.17) is 5.11 Å².